The highest BCUT2D eigenvalue weighted by atomic mass is 19.1. The lowest BCUT2D eigenvalue weighted by molar-refractivity contribution is -0.123. The van der Waals surface area contributed by atoms with Crippen LogP contribution in [0.3, 0.4) is 0 Å². The summed E-state index contributed by atoms with van der Waals surface area (Å²) in [5, 5.41) is 13.6. The lowest BCUT2D eigenvalue weighted by atomic mass is 9.91. The Morgan fingerprint density at radius 2 is 2.09 bits per heavy atom. The van der Waals surface area contributed by atoms with Gasteiger partial charge in [-0.25, -0.2) is 9.37 Å². The van der Waals surface area contributed by atoms with Crippen molar-refractivity contribution < 1.29 is 14.0 Å². The summed E-state index contributed by atoms with van der Waals surface area (Å²) >= 11 is 0. The minimum atomic E-state index is -0.380. The molecule has 0 aliphatic heterocycles. The Bertz CT molecular complexity index is 1420. The molecule has 2 saturated carbocycles. The van der Waals surface area contributed by atoms with E-state index in [1.54, 1.807) is 36.1 Å². The molecule has 2 aliphatic carbocycles. The van der Waals surface area contributed by atoms with Gasteiger partial charge in [-0.05, 0) is 44.1 Å². The van der Waals surface area contributed by atoms with Gasteiger partial charge in [0, 0.05) is 28.6 Å². The predicted molar refractivity (Wildman–Crippen MR) is 119 cm³/mol. The number of H-pyrrole nitrogens is 1. The zero-order valence-electron chi connectivity index (χ0n) is 17.9. The van der Waals surface area contributed by atoms with E-state index in [0.29, 0.717) is 45.8 Å². The molecule has 33 heavy (non-hydrogen) atoms. The molecule has 1 aromatic carbocycles. The van der Waals surface area contributed by atoms with Crippen LogP contribution in [-0.4, -0.2) is 36.9 Å². The molecular formula is C23H22FN7O2. The Morgan fingerprint density at radius 3 is 2.82 bits per heavy atom. The van der Waals surface area contributed by atoms with Gasteiger partial charge in [0.05, 0.1) is 35.8 Å². The third-order valence-corrected chi connectivity index (χ3v) is 6.57. The fraction of sp³-hybridized carbons (Fsp3) is 0.348. The molecule has 3 heterocycles. The topological polar surface area (TPSA) is 117 Å². The summed E-state index contributed by atoms with van der Waals surface area (Å²) in [6.45, 7) is 1.73. The number of halogens is 1. The molecule has 3 N–H and O–H groups in total. The second-order valence-electron chi connectivity index (χ2n) is 8.91. The third-order valence-electron chi connectivity index (χ3n) is 6.57. The second-order valence-corrected chi connectivity index (χ2v) is 8.91. The van der Waals surface area contributed by atoms with E-state index in [2.05, 4.69) is 30.8 Å². The molecule has 2 fully saturated rings. The Hall–Kier alpha value is -3.82. The van der Waals surface area contributed by atoms with Crippen LogP contribution in [0.5, 0.6) is 0 Å². The highest BCUT2D eigenvalue weighted by molar-refractivity contribution is 5.98. The molecule has 0 saturated heterocycles. The van der Waals surface area contributed by atoms with Crippen molar-refractivity contribution in [1.29, 1.82) is 0 Å². The molecule has 2 aliphatic rings. The maximum absolute atomic E-state index is 16.0. The van der Waals surface area contributed by atoms with E-state index in [9.17, 15) is 9.59 Å². The first-order valence-electron chi connectivity index (χ1n) is 11.1. The van der Waals surface area contributed by atoms with E-state index in [-0.39, 0.29) is 29.6 Å². The van der Waals surface area contributed by atoms with Crippen molar-refractivity contribution in [1.82, 2.24) is 29.9 Å². The van der Waals surface area contributed by atoms with Gasteiger partial charge in [0.25, 0.3) is 0 Å². The highest BCUT2D eigenvalue weighted by Gasteiger charge is 2.40. The number of carbonyl (C=O) groups is 2. The number of hydrogen-bond donors (Lipinski definition) is 3. The normalized spacial score (nSPS) is 16.8. The van der Waals surface area contributed by atoms with Crippen molar-refractivity contribution in [3.05, 3.63) is 41.7 Å². The molecule has 1 atom stereocenters. The van der Waals surface area contributed by atoms with Crippen molar-refractivity contribution in [3.63, 3.8) is 0 Å². The number of rotatable bonds is 7. The van der Waals surface area contributed by atoms with Gasteiger partial charge in [0.15, 0.2) is 11.5 Å². The number of hydrogen-bond acceptors (Lipinski definition) is 5. The molecule has 0 bridgehead atoms. The number of benzene rings is 1. The van der Waals surface area contributed by atoms with Crippen molar-refractivity contribution in [2.24, 2.45) is 11.8 Å². The molecule has 0 radical (unpaired) electrons. The summed E-state index contributed by atoms with van der Waals surface area (Å²) in [5.74, 6) is 0.326. The van der Waals surface area contributed by atoms with Crippen LogP contribution in [0.2, 0.25) is 0 Å². The summed E-state index contributed by atoms with van der Waals surface area (Å²) < 4.78 is 17.7. The zero-order valence-corrected chi connectivity index (χ0v) is 17.9. The number of carbonyl (C=O) groups excluding carboxylic acids is 2. The quantitative estimate of drug-likeness (QED) is 0.376. The van der Waals surface area contributed by atoms with E-state index < -0.39 is 0 Å². The molecule has 0 spiro atoms. The Balaban J connectivity index is 1.49. The molecule has 10 heteroatoms. The standard InChI is InChI=1S/C23H22FN7O2/c1-11-18(15-8-31-9-16(26-10-32)28-17(31)7-25-15)14-6-27-30-22(14)19(20(11)24)21(12-2-3-12)29-23(33)13-4-5-13/h6-10,12-13,21H,2-5H2,1H3,(H,26,32)(H,27,30)(H,29,33). The summed E-state index contributed by atoms with van der Waals surface area (Å²) in [4.78, 5) is 32.1. The fourth-order valence-electron chi connectivity index (χ4n) is 4.56. The van der Waals surface area contributed by atoms with Gasteiger partial charge in [-0.2, -0.15) is 5.10 Å². The van der Waals surface area contributed by atoms with Gasteiger partial charge in [-0.15, -0.1) is 0 Å². The van der Waals surface area contributed by atoms with Gasteiger partial charge >= 0.3 is 0 Å². The van der Waals surface area contributed by atoms with Crippen LogP contribution in [0.15, 0.2) is 24.8 Å². The van der Waals surface area contributed by atoms with Crippen LogP contribution < -0.4 is 10.6 Å². The number of amides is 2. The summed E-state index contributed by atoms with van der Waals surface area (Å²) in [6, 6.07) is -0.380. The van der Waals surface area contributed by atoms with E-state index in [0.717, 1.165) is 31.1 Å². The van der Waals surface area contributed by atoms with E-state index >= 15 is 4.39 Å². The average molecular weight is 447 g/mol. The first-order valence-corrected chi connectivity index (χ1v) is 11.1. The first kappa shape index (κ1) is 19.8. The van der Waals surface area contributed by atoms with E-state index in [4.69, 9.17) is 0 Å². The molecule has 1 unspecified atom stereocenters. The number of fused-ring (bicyclic) bond motifs is 2. The number of nitrogens with one attached hydrogen (secondary N) is 3. The Labute approximate surface area is 187 Å². The molecule has 3 aromatic heterocycles. The second kappa shape index (κ2) is 7.36. The summed E-state index contributed by atoms with van der Waals surface area (Å²) in [7, 11) is 0. The Kier molecular flexibility index (Phi) is 4.42. The average Bonchev–Trinajstić information content (AvgIpc) is 3.73. The monoisotopic (exact) mass is 447 g/mol. The van der Waals surface area contributed by atoms with Crippen LogP contribution in [-0.2, 0) is 9.59 Å². The number of imidazole rings is 1. The summed E-state index contributed by atoms with van der Waals surface area (Å²) in [6.07, 6.45) is 10.9. The molecule has 6 rings (SSSR count). The number of aromatic nitrogens is 5. The lowest BCUT2D eigenvalue weighted by Crippen LogP contribution is -2.32. The van der Waals surface area contributed by atoms with Gasteiger partial charge in [-0.1, -0.05) is 0 Å². The van der Waals surface area contributed by atoms with Crippen LogP contribution in [0.4, 0.5) is 10.2 Å². The van der Waals surface area contributed by atoms with Crippen LogP contribution in [0.25, 0.3) is 27.8 Å². The maximum Gasteiger partial charge on any atom is 0.223 e. The van der Waals surface area contributed by atoms with E-state index in [1.807, 2.05) is 0 Å². The largest absolute Gasteiger partial charge is 0.349 e. The number of anilines is 1. The van der Waals surface area contributed by atoms with Gasteiger partial charge < -0.3 is 15.0 Å². The fourth-order valence-corrected chi connectivity index (χ4v) is 4.56. The molecular weight excluding hydrogens is 425 g/mol. The van der Waals surface area contributed by atoms with Crippen molar-refractivity contribution in [3.8, 4) is 11.3 Å². The van der Waals surface area contributed by atoms with Crippen molar-refractivity contribution in [2.45, 2.75) is 38.6 Å². The summed E-state index contributed by atoms with van der Waals surface area (Å²) in [5.41, 5.74) is 3.24. The maximum atomic E-state index is 16.0. The molecule has 168 valence electrons. The van der Waals surface area contributed by atoms with Gasteiger partial charge in [-0.3, -0.25) is 19.7 Å². The SMILES string of the molecule is Cc1c(F)c(C(NC(=O)C2CC2)C2CC2)c2[nH]ncc2c1-c1cn2cc(NC=O)nc2cn1. The molecule has 2 amide bonds. The van der Waals surface area contributed by atoms with Crippen LogP contribution >= 0.6 is 0 Å². The number of aromatic amines is 1. The minimum Gasteiger partial charge on any atom is -0.349 e. The first-order chi connectivity index (χ1) is 16.0. The van der Waals surface area contributed by atoms with Crippen LogP contribution in [0.1, 0.15) is 42.9 Å². The van der Waals surface area contributed by atoms with Crippen LogP contribution in [0, 0.1) is 24.6 Å². The highest BCUT2D eigenvalue weighted by Crippen LogP contribution is 2.46. The van der Waals surface area contributed by atoms with Crippen molar-refractivity contribution in [2.75, 3.05) is 5.32 Å². The minimum absolute atomic E-state index is 0.00709. The number of nitrogens with zero attached hydrogens (tertiary/aromatic N) is 4. The Morgan fingerprint density at radius 1 is 1.27 bits per heavy atom. The molecule has 9 nitrogen and oxygen atoms in total. The third kappa shape index (κ3) is 3.33. The van der Waals surface area contributed by atoms with Gasteiger partial charge in [0.1, 0.15) is 5.82 Å². The zero-order chi connectivity index (χ0) is 22.7. The molecule has 4 aromatic rings. The lowest BCUT2D eigenvalue weighted by Gasteiger charge is -2.22. The van der Waals surface area contributed by atoms with Gasteiger partial charge in [0.2, 0.25) is 12.3 Å². The predicted octanol–water partition coefficient (Wildman–Crippen LogP) is 3.27. The van der Waals surface area contributed by atoms with E-state index in [1.165, 1.54) is 0 Å². The smallest absolute Gasteiger partial charge is 0.223 e. The van der Waals surface area contributed by atoms with Crippen molar-refractivity contribution >= 4 is 34.7 Å².